The lowest BCUT2D eigenvalue weighted by atomic mass is 10.1. The van der Waals surface area contributed by atoms with E-state index in [4.69, 9.17) is 26.2 Å². The van der Waals surface area contributed by atoms with Gasteiger partial charge in [0.2, 0.25) is 5.75 Å². The van der Waals surface area contributed by atoms with Gasteiger partial charge in [0.05, 0.1) is 29.2 Å². The maximum absolute atomic E-state index is 12.7. The number of nitrogens with zero attached hydrogens (tertiary/aromatic N) is 1. The van der Waals surface area contributed by atoms with Crippen LogP contribution in [0.2, 0.25) is 5.02 Å². The zero-order valence-electron chi connectivity index (χ0n) is 12.6. The van der Waals surface area contributed by atoms with Crippen molar-refractivity contribution in [2.24, 2.45) is 0 Å². The van der Waals surface area contributed by atoms with Crippen molar-refractivity contribution in [3.63, 3.8) is 0 Å². The molecule has 10 heteroatoms. The number of hydrogen-bond acceptors (Lipinski definition) is 5. The summed E-state index contributed by atoms with van der Waals surface area (Å²) in [6.45, 7) is -0.337. The lowest BCUT2D eigenvalue weighted by Crippen LogP contribution is -2.06. The van der Waals surface area contributed by atoms with Crippen LogP contribution in [0, 0.1) is 10.1 Å². The van der Waals surface area contributed by atoms with Crippen molar-refractivity contribution in [1.29, 1.82) is 0 Å². The normalized spacial score (nSPS) is 11.3. The summed E-state index contributed by atoms with van der Waals surface area (Å²) in [5, 5.41) is 20.2. The minimum absolute atomic E-state index is 0.0300. The highest BCUT2D eigenvalue weighted by Gasteiger charge is 2.33. The van der Waals surface area contributed by atoms with Crippen LogP contribution < -0.4 is 9.47 Å². The fourth-order valence-electron chi connectivity index (χ4n) is 2.00. The van der Waals surface area contributed by atoms with Gasteiger partial charge in [-0.2, -0.15) is 13.2 Å². The van der Waals surface area contributed by atoms with E-state index in [1.165, 1.54) is 19.2 Å². The molecule has 1 N–H and O–H groups in total. The Hall–Kier alpha value is -2.52. The van der Waals surface area contributed by atoms with E-state index in [9.17, 15) is 23.3 Å². The molecule has 2 rings (SSSR count). The number of nitro groups is 1. The SMILES string of the molecule is COc1cc(CO)cc(Cl)c1Oc1ccc(C(F)(F)F)cc1[N+](=O)[O-]. The van der Waals surface area contributed by atoms with Crippen molar-refractivity contribution in [3.8, 4) is 17.2 Å². The summed E-state index contributed by atoms with van der Waals surface area (Å²) in [5.41, 5.74) is -1.66. The van der Waals surface area contributed by atoms with Gasteiger partial charge in [-0.1, -0.05) is 11.6 Å². The van der Waals surface area contributed by atoms with Gasteiger partial charge in [0.25, 0.3) is 0 Å². The van der Waals surface area contributed by atoms with Gasteiger partial charge in [-0.05, 0) is 29.8 Å². The molecule has 25 heavy (non-hydrogen) atoms. The molecule has 0 heterocycles. The molecule has 0 saturated heterocycles. The molecule has 6 nitrogen and oxygen atoms in total. The number of nitro benzene ring substituents is 1. The Morgan fingerprint density at radius 1 is 1.24 bits per heavy atom. The number of aliphatic hydroxyl groups is 1. The second kappa shape index (κ2) is 7.16. The maximum Gasteiger partial charge on any atom is 0.416 e. The van der Waals surface area contributed by atoms with Gasteiger partial charge in [-0.3, -0.25) is 10.1 Å². The molecule has 0 spiro atoms. The van der Waals surface area contributed by atoms with Crippen LogP contribution in [0.3, 0.4) is 0 Å². The molecule has 134 valence electrons. The van der Waals surface area contributed by atoms with Gasteiger partial charge in [-0.25, -0.2) is 0 Å². The van der Waals surface area contributed by atoms with E-state index in [2.05, 4.69) is 0 Å². The molecule has 0 atom stereocenters. The Morgan fingerprint density at radius 2 is 1.92 bits per heavy atom. The van der Waals surface area contributed by atoms with Crippen molar-refractivity contribution >= 4 is 17.3 Å². The van der Waals surface area contributed by atoms with Gasteiger partial charge in [0.15, 0.2) is 11.5 Å². The van der Waals surface area contributed by atoms with Crippen LogP contribution in [0.25, 0.3) is 0 Å². The van der Waals surface area contributed by atoms with Crippen LogP contribution in [0.4, 0.5) is 18.9 Å². The molecule has 0 aliphatic rings. The molecule has 0 saturated carbocycles. The van der Waals surface area contributed by atoms with Crippen molar-refractivity contribution in [2.75, 3.05) is 7.11 Å². The molecule has 0 amide bonds. The number of alkyl halides is 3. The van der Waals surface area contributed by atoms with Crippen LogP contribution in [0.5, 0.6) is 17.2 Å². The first kappa shape index (κ1) is 18.8. The standard InChI is InChI=1S/C15H11ClF3NO5/c1-24-13-5-8(7-21)4-10(16)14(13)25-12-3-2-9(15(17,18)19)6-11(12)20(22)23/h2-6,21H,7H2,1H3. The zero-order valence-corrected chi connectivity index (χ0v) is 13.4. The highest BCUT2D eigenvalue weighted by molar-refractivity contribution is 6.32. The fourth-order valence-corrected chi connectivity index (χ4v) is 2.27. The number of halogens is 4. The van der Waals surface area contributed by atoms with Crippen LogP contribution in [-0.2, 0) is 12.8 Å². The highest BCUT2D eigenvalue weighted by Crippen LogP contribution is 2.43. The van der Waals surface area contributed by atoms with E-state index in [0.29, 0.717) is 17.7 Å². The average molecular weight is 378 g/mol. The Balaban J connectivity index is 2.52. The third-order valence-corrected chi connectivity index (χ3v) is 3.45. The number of aliphatic hydroxyl groups excluding tert-OH is 1. The molecular formula is C15H11ClF3NO5. The predicted molar refractivity (Wildman–Crippen MR) is 82.1 cm³/mol. The zero-order chi connectivity index (χ0) is 18.8. The summed E-state index contributed by atoms with van der Waals surface area (Å²) in [4.78, 5) is 10.1. The fraction of sp³-hybridized carbons (Fsp3) is 0.200. The highest BCUT2D eigenvalue weighted by atomic mass is 35.5. The molecule has 0 unspecified atom stereocenters. The summed E-state index contributed by atoms with van der Waals surface area (Å²) < 4.78 is 48.6. The van der Waals surface area contributed by atoms with Crippen LogP contribution in [0.15, 0.2) is 30.3 Å². The molecule has 0 aromatic heterocycles. The largest absolute Gasteiger partial charge is 0.493 e. The number of benzene rings is 2. The maximum atomic E-state index is 12.7. The van der Waals surface area contributed by atoms with Crippen molar-refractivity contribution in [3.05, 3.63) is 56.6 Å². The third kappa shape index (κ3) is 4.12. The first-order valence-corrected chi connectivity index (χ1v) is 7.06. The van der Waals surface area contributed by atoms with Gasteiger partial charge < -0.3 is 14.6 Å². The summed E-state index contributed by atoms with van der Waals surface area (Å²) in [6, 6.07) is 4.59. The number of rotatable bonds is 5. The topological polar surface area (TPSA) is 81.8 Å². The first-order chi connectivity index (χ1) is 11.7. The lowest BCUT2D eigenvalue weighted by Gasteiger charge is -2.14. The minimum atomic E-state index is -4.73. The molecular weight excluding hydrogens is 367 g/mol. The summed E-state index contributed by atoms with van der Waals surface area (Å²) in [6.07, 6.45) is -4.73. The summed E-state index contributed by atoms with van der Waals surface area (Å²) in [7, 11) is 1.28. The number of methoxy groups -OCH3 is 1. The molecule has 0 bridgehead atoms. The van der Waals surface area contributed by atoms with E-state index in [1.807, 2.05) is 0 Å². The van der Waals surface area contributed by atoms with Crippen LogP contribution in [-0.4, -0.2) is 17.1 Å². The van der Waals surface area contributed by atoms with Crippen molar-refractivity contribution in [1.82, 2.24) is 0 Å². The van der Waals surface area contributed by atoms with E-state index in [-0.39, 0.29) is 23.1 Å². The first-order valence-electron chi connectivity index (χ1n) is 6.68. The molecule has 2 aromatic rings. The van der Waals surface area contributed by atoms with E-state index in [1.54, 1.807) is 0 Å². The van der Waals surface area contributed by atoms with Crippen LogP contribution >= 0.6 is 11.6 Å². The number of ether oxygens (including phenoxy) is 2. The quantitative estimate of drug-likeness (QED) is 0.610. The summed E-state index contributed by atoms with van der Waals surface area (Å²) in [5.74, 6) is -0.495. The molecule has 0 aliphatic heterocycles. The second-order valence-corrected chi connectivity index (χ2v) is 5.21. The second-order valence-electron chi connectivity index (χ2n) is 4.81. The van der Waals surface area contributed by atoms with Gasteiger partial charge in [0, 0.05) is 6.07 Å². The average Bonchev–Trinajstić information content (AvgIpc) is 2.55. The predicted octanol–water partition coefficient (Wildman–Crippen LogP) is 4.56. The molecule has 0 aliphatic carbocycles. The Morgan fingerprint density at radius 3 is 2.44 bits per heavy atom. The molecule has 0 fully saturated rings. The molecule has 2 aromatic carbocycles. The Labute approximate surface area is 144 Å². The summed E-state index contributed by atoms with van der Waals surface area (Å²) >= 11 is 6.01. The van der Waals surface area contributed by atoms with E-state index in [0.717, 1.165) is 6.07 Å². The van der Waals surface area contributed by atoms with Gasteiger partial charge in [-0.15, -0.1) is 0 Å². The molecule has 0 radical (unpaired) electrons. The van der Waals surface area contributed by atoms with E-state index < -0.39 is 28.1 Å². The van der Waals surface area contributed by atoms with Gasteiger partial charge in [0.1, 0.15) is 0 Å². The van der Waals surface area contributed by atoms with E-state index >= 15 is 0 Å². The Kier molecular flexibility index (Phi) is 5.39. The monoisotopic (exact) mass is 377 g/mol. The Bertz CT molecular complexity index is 810. The number of hydrogen-bond donors (Lipinski definition) is 1. The minimum Gasteiger partial charge on any atom is -0.493 e. The smallest absolute Gasteiger partial charge is 0.416 e. The van der Waals surface area contributed by atoms with Crippen LogP contribution in [0.1, 0.15) is 11.1 Å². The van der Waals surface area contributed by atoms with Crippen molar-refractivity contribution in [2.45, 2.75) is 12.8 Å². The lowest BCUT2D eigenvalue weighted by molar-refractivity contribution is -0.385. The third-order valence-electron chi connectivity index (χ3n) is 3.17. The van der Waals surface area contributed by atoms with Gasteiger partial charge >= 0.3 is 11.9 Å². The van der Waals surface area contributed by atoms with Crippen molar-refractivity contribution < 1.29 is 32.7 Å².